The number of halogens is 1. The third kappa shape index (κ3) is 2.68. The summed E-state index contributed by atoms with van der Waals surface area (Å²) in [7, 11) is 0. The van der Waals surface area contributed by atoms with Crippen LogP contribution < -0.4 is 5.73 Å². The van der Waals surface area contributed by atoms with Crippen LogP contribution in [0, 0.1) is 11.7 Å². The molecule has 3 nitrogen and oxygen atoms in total. The van der Waals surface area contributed by atoms with E-state index in [1.807, 2.05) is 5.38 Å². The van der Waals surface area contributed by atoms with E-state index < -0.39 is 0 Å². The fourth-order valence-corrected chi connectivity index (χ4v) is 2.41. The van der Waals surface area contributed by atoms with Gasteiger partial charge in [0.1, 0.15) is 10.8 Å². The van der Waals surface area contributed by atoms with Crippen molar-refractivity contribution in [2.24, 2.45) is 11.7 Å². The number of pyridine rings is 1. The molecule has 0 saturated heterocycles. The molecular weight excluding hydrogens is 237 g/mol. The molecular formula is C12H14FN3S. The standard InChI is InChI=1S/C12H14FN3S/c1-7(2)11(14)12-16-10(6-17-12)8-3-9(13)5-15-4-8/h3-7,11H,14H2,1-2H3. The molecule has 0 aliphatic rings. The fraction of sp³-hybridized carbons (Fsp3) is 0.333. The molecule has 0 saturated carbocycles. The summed E-state index contributed by atoms with van der Waals surface area (Å²) >= 11 is 1.50. The molecule has 1 atom stereocenters. The Morgan fingerprint density at radius 1 is 1.35 bits per heavy atom. The van der Waals surface area contributed by atoms with Gasteiger partial charge >= 0.3 is 0 Å². The number of aromatic nitrogens is 2. The van der Waals surface area contributed by atoms with Crippen LogP contribution in [0.3, 0.4) is 0 Å². The van der Waals surface area contributed by atoms with E-state index >= 15 is 0 Å². The van der Waals surface area contributed by atoms with Crippen LogP contribution in [0.2, 0.25) is 0 Å². The lowest BCUT2D eigenvalue weighted by atomic mass is 10.1. The zero-order valence-electron chi connectivity index (χ0n) is 9.72. The van der Waals surface area contributed by atoms with Gasteiger partial charge in [0.25, 0.3) is 0 Å². The van der Waals surface area contributed by atoms with Crippen LogP contribution >= 0.6 is 11.3 Å². The van der Waals surface area contributed by atoms with Crippen LogP contribution in [-0.2, 0) is 0 Å². The summed E-state index contributed by atoms with van der Waals surface area (Å²) in [6, 6.07) is 1.35. The Morgan fingerprint density at radius 3 is 2.76 bits per heavy atom. The maximum Gasteiger partial charge on any atom is 0.142 e. The van der Waals surface area contributed by atoms with Crippen molar-refractivity contribution in [3.8, 4) is 11.3 Å². The highest BCUT2D eigenvalue weighted by Crippen LogP contribution is 2.27. The van der Waals surface area contributed by atoms with Gasteiger partial charge in [-0.2, -0.15) is 0 Å². The smallest absolute Gasteiger partial charge is 0.142 e. The molecule has 1 unspecified atom stereocenters. The SMILES string of the molecule is CC(C)C(N)c1nc(-c2cncc(F)c2)cs1. The third-order valence-corrected chi connectivity index (χ3v) is 3.47. The first-order valence-corrected chi connectivity index (χ1v) is 6.28. The Kier molecular flexibility index (Phi) is 3.49. The maximum absolute atomic E-state index is 13.0. The number of rotatable bonds is 3. The highest BCUT2D eigenvalue weighted by atomic mass is 32.1. The number of thiazole rings is 1. The van der Waals surface area contributed by atoms with E-state index in [1.54, 1.807) is 6.20 Å². The topological polar surface area (TPSA) is 51.8 Å². The first-order chi connectivity index (χ1) is 8.08. The molecule has 0 spiro atoms. The third-order valence-electron chi connectivity index (χ3n) is 2.53. The molecule has 0 amide bonds. The molecule has 5 heteroatoms. The van der Waals surface area contributed by atoms with Gasteiger partial charge in [0.05, 0.1) is 17.9 Å². The minimum Gasteiger partial charge on any atom is -0.322 e. The van der Waals surface area contributed by atoms with Gasteiger partial charge in [-0.05, 0) is 12.0 Å². The van der Waals surface area contributed by atoms with E-state index in [-0.39, 0.29) is 11.9 Å². The summed E-state index contributed by atoms with van der Waals surface area (Å²) in [5, 5.41) is 2.76. The molecule has 0 aliphatic heterocycles. The minimum atomic E-state index is -0.356. The molecule has 2 aromatic heterocycles. The summed E-state index contributed by atoms with van der Waals surface area (Å²) in [6.45, 7) is 4.10. The summed E-state index contributed by atoms with van der Waals surface area (Å²) in [5.41, 5.74) is 7.43. The van der Waals surface area contributed by atoms with Crippen molar-refractivity contribution < 1.29 is 4.39 Å². The first-order valence-electron chi connectivity index (χ1n) is 5.40. The van der Waals surface area contributed by atoms with Crippen LogP contribution in [0.1, 0.15) is 24.9 Å². The molecule has 0 bridgehead atoms. The molecule has 0 radical (unpaired) electrons. The van der Waals surface area contributed by atoms with Crippen LogP contribution in [0.15, 0.2) is 23.8 Å². The Labute approximate surface area is 104 Å². The van der Waals surface area contributed by atoms with Crippen molar-refractivity contribution in [3.05, 3.63) is 34.7 Å². The van der Waals surface area contributed by atoms with Crippen LogP contribution in [0.5, 0.6) is 0 Å². The van der Waals surface area contributed by atoms with Crippen molar-refractivity contribution >= 4 is 11.3 Å². The Balaban J connectivity index is 2.30. The maximum atomic E-state index is 13.0. The molecule has 2 rings (SSSR count). The van der Waals surface area contributed by atoms with E-state index in [9.17, 15) is 4.39 Å². The second-order valence-electron chi connectivity index (χ2n) is 4.23. The van der Waals surface area contributed by atoms with Crippen molar-refractivity contribution in [1.29, 1.82) is 0 Å². The molecule has 2 N–H and O–H groups in total. The van der Waals surface area contributed by atoms with Gasteiger partial charge in [-0.1, -0.05) is 13.8 Å². The van der Waals surface area contributed by atoms with E-state index in [0.29, 0.717) is 11.5 Å². The molecule has 0 aliphatic carbocycles. The van der Waals surface area contributed by atoms with Crippen molar-refractivity contribution in [3.63, 3.8) is 0 Å². The minimum absolute atomic E-state index is 0.0738. The van der Waals surface area contributed by atoms with Gasteiger partial charge < -0.3 is 5.73 Å². The van der Waals surface area contributed by atoms with Gasteiger partial charge in [0.2, 0.25) is 0 Å². The predicted octanol–water partition coefficient (Wildman–Crippen LogP) is 3.00. The lowest BCUT2D eigenvalue weighted by molar-refractivity contribution is 0.512. The summed E-state index contributed by atoms with van der Waals surface area (Å²) in [5.74, 6) is -0.0233. The van der Waals surface area contributed by atoms with Gasteiger partial charge in [0, 0.05) is 17.1 Å². The number of hydrogen-bond acceptors (Lipinski definition) is 4. The zero-order chi connectivity index (χ0) is 12.4. The highest BCUT2D eigenvalue weighted by Gasteiger charge is 2.15. The molecule has 90 valence electrons. The van der Waals surface area contributed by atoms with Crippen LogP contribution in [0.4, 0.5) is 4.39 Å². The number of hydrogen-bond donors (Lipinski definition) is 1. The summed E-state index contributed by atoms with van der Waals surface area (Å²) < 4.78 is 13.0. The Morgan fingerprint density at radius 2 is 2.12 bits per heavy atom. The molecule has 17 heavy (non-hydrogen) atoms. The van der Waals surface area contributed by atoms with Gasteiger partial charge in [-0.15, -0.1) is 11.3 Å². The van der Waals surface area contributed by atoms with Crippen molar-refractivity contribution in [2.45, 2.75) is 19.9 Å². The van der Waals surface area contributed by atoms with Gasteiger partial charge in [-0.25, -0.2) is 9.37 Å². The van der Waals surface area contributed by atoms with E-state index in [2.05, 4.69) is 23.8 Å². The monoisotopic (exact) mass is 251 g/mol. The second kappa shape index (κ2) is 4.89. The van der Waals surface area contributed by atoms with Crippen LogP contribution in [0.25, 0.3) is 11.3 Å². The fourth-order valence-electron chi connectivity index (χ4n) is 1.41. The Bertz CT molecular complexity index is 510. The molecule has 2 aromatic rings. The van der Waals surface area contributed by atoms with Crippen molar-refractivity contribution in [2.75, 3.05) is 0 Å². The quantitative estimate of drug-likeness (QED) is 0.912. The van der Waals surface area contributed by atoms with Gasteiger partial charge in [0.15, 0.2) is 0 Å². The summed E-state index contributed by atoms with van der Waals surface area (Å²) in [4.78, 5) is 8.24. The first kappa shape index (κ1) is 12.1. The van der Waals surface area contributed by atoms with E-state index in [0.717, 1.165) is 10.7 Å². The zero-order valence-corrected chi connectivity index (χ0v) is 10.5. The van der Waals surface area contributed by atoms with E-state index in [4.69, 9.17) is 5.73 Å². The van der Waals surface area contributed by atoms with Crippen molar-refractivity contribution in [1.82, 2.24) is 9.97 Å². The highest BCUT2D eigenvalue weighted by molar-refractivity contribution is 7.10. The average molecular weight is 251 g/mol. The normalized spacial score (nSPS) is 13.0. The van der Waals surface area contributed by atoms with Crippen LogP contribution in [-0.4, -0.2) is 9.97 Å². The predicted molar refractivity (Wildman–Crippen MR) is 67.1 cm³/mol. The lowest BCUT2D eigenvalue weighted by Crippen LogP contribution is -2.16. The average Bonchev–Trinajstić information content (AvgIpc) is 2.77. The largest absolute Gasteiger partial charge is 0.322 e. The number of nitrogens with zero attached hydrogens (tertiary/aromatic N) is 2. The molecule has 2 heterocycles. The summed E-state index contributed by atoms with van der Waals surface area (Å²) in [6.07, 6.45) is 2.78. The van der Waals surface area contributed by atoms with E-state index in [1.165, 1.54) is 23.6 Å². The molecule has 0 fully saturated rings. The lowest BCUT2D eigenvalue weighted by Gasteiger charge is -2.11. The number of nitrogens with two attached hydrogens (primary N) is 1. The Hall–Kier alpha value is -1.33. The second-order valence-corrected chi connectivity index (χ2v) is 5.12. The van der Waals surface area contributed by atoms with Gasteiger partial charge in [-0.3, -0.25) is 4.98 Å². The molecule has 0 aromatic carbocycles.